The Morgan fingerprint density at radius 2 is 2.15 bits per heavy atom. The van der Waals surface area contributed by atoms with Gasteiger partial charge in [0.2, 0.25) is 0 Å². The first-order chi connectivity index (χ1) is 9.17. The minimum atomic E-state index is -3.14. The van der Waals surface area contributed by atoms with Gasteiger partial charge < -0.3 is 11.1 Å². The van der Waals surface area contributed by atoms with E-state index in [4.69, 9.17) is 5.73 Å². The first-order valence-corrected chi connectivity index (χ1v) is 9.04. The third kappa shape index (κ3) is 4.63. The first kappa shape index (κ1) is 17.2. The van der Waals surface area contributed by atoms with Crippen LogP contribution in [-0.2, 0) is 9.84 Å². The second-order valence-electron chi connectivity index (χ2n) is 6.04. The fourth-order valence-electron chi connectivity index (χ4n) is 2.21. The highest BCUT2D eigenvalue weighted by Crippen LogP contribution is 2.16. The van der Waals surface area contributed by atoms with Crippen molar-refractivity contribution in [3.05, 3.63) is 0 Å². The molecular weight excluding hydrogens is 276 g/mol. The first-order valence-electron chi connectivity index (χ1n) is 7.15. The molecule has 20 heavy (non-hydrogen) atoms. The molecule has 0 saturated carbocycles. The Bertz CT molecular complexity index is 445. The zero-order valence-electron chi connectivity index (χ0n) is 13.0. The van der Waals surface area contributed by atoms with Crippen LogP contribution in [0.15, 0.2) is 4.99 Å². The number of nitrogens with two attached hydrogens (primary N) is 1. The Morgan fingerprint density at radius 3 is 2.70 bits per heavy atom. The van der Waals surface area contributed by atoms with Gasteiger partial charge in [-0.3, -0.25) is 9.89 Å². The van der Waals surface area contributed by atoms with Crippen LogP contribution in [0.1, 0.15) is 33.6 Å². The van der Waals surface area contributed by atoms with Gasteiger partial charge in [0.25, 0.3) is 0 Å². The molecule has 0 aromatic carbocycles. The van der Waals surface area contributed by atoms with Crippen LogP contribution in [0.25, 0.3) is 0 Å². The van der Waals surface area contributed by atoms with Crippen LogP contribution in [0.3, 0.4) is 0 Å². The van der Waals surface area contributed by atoms with Crippen LogP contribution in [0.5, 0.6) is 0 Å². The molecule has 0 radical (unpaired) electrons. The molecule has 118 valence electrons. The molecule has 6 nitrogen and oxygen atoms in total. The summed E-state index contributed by atoms with van der Waals surface area (Å²) in [6, 6.07) is 0.497. The van der Waals surface area contributed by atoms with Crippen LogP contribution < -0.4 is 11.1 Å². The summed E-state index contributed by atoms with van der Waals surface area (Å²) in [6.45, 7) is 8.61. The van der Waals surface area contributed by atoms with Crippen molar-refractivity contribution in [1.82, 2.24) is 10.2 Å². The van der Waals surface area contributed by atoms with Crippen LogP contribution in [-0.4, -0.2) is 62.5 Å². The van der Waals surface area contributed by atoms with Crippen molar-refractivity contribution in [3.63, 3.8) is 0 Å². The summed E-state index contributed by atoms with van der Waals surface area (Å²) in [5, 5.41) is 3.10. The van der Waals surface area contributed by atoms with E-state index >= 15 is 0 Å². The van der Waals surface area contributed by atoms with Crippen LogP contribution in [0.4, 0.5) is 0 Å². The summed E-state index contributed by atoms with van der Waals surface area (Å²) in [7, 11) is -3.14. The quantitative estimate of drug-likeness (QED) is 0.540. The van der Waals surface area contributed by atoms with Crippen molar-refractivity contribution in [2.45, 2.75) is 44.4 Å². The lowest BCUT2D eigenvalue weighted by Crippen LogP contribution is -2.43. The number of guanidine groups is 1. The Hall–Kier alpha value is -0.820. The van der Waals surface area contributed by atoms with Gasteiger partial charge in [0.1, 0.15) is 0 Å². The highest BCUT2D eigenvalue weighted by atomic mass is 32.2. The Labute approximate surface area is 122 Å². The standard InChI is InChI=1S/C13H28N4O2S/c1-5-17-8-6-7-11(17)9-15-12(14)16-10-13(2,3)20(4,18)19/h11H,5-10H2,1-4H3,(H3,14,15,16). The molecule has 0 aromatic rings. The van der Waals surface area contributed by atoms with E-state index in [1.54, 1.807) is 13.8 Å². The number of nitrogens with one attached hydrogen (secondary N) is 1. The average molecular weight is 304 g/mol. The average Bonchev–Trinajstić information content (AvgIpc) is 2.80. The highest BCUT2D eigenvalue weighted by Gasteiger charge is 2.30. The molecule has 0 aliphatic carbocycles. The number of likely N-dealkylation sites (tertiary alicyclic amines) is 1. The maximum absolute atomic E-state index is 11.6. The molecule has 1 aliphatic rings. The highest BCUT2D eigenvalue weighted by molar-refractivity contribution is 7.92. The normalized spacial score (nSPS) is 22.2. The Balaban J connectivity index is 2.47. The van der Waals surface area contributed by atoms with Crippen LogP contribution in [0.2, 0.25) is 0 Å². The van der Waals surface area contributed by atoms with Gasteiger partial charge in [-0.1, -0.05) is 6.92 Å². The van der Waals surface area contributed by atoms with Gasteiger partial charge in [-0.05, 0) is 39.8 Å². The molecule has 1 atom stereocenters. The van der Waals surface area contributed by atoms with Crippen molar-refractivity contribution in [2.75, 3.05) is 32.4 Å². The van der Waals surface area contributed by atoms with Gasteiger partial charge in [-0.15, -0.1) is 0 Å². The predicted molar refractivity (Wildman–Crippen MR) is 83.7 cm³/mol. The second-order valence-corrected chi connectivity index (χ2v) is 8.69. The molecule has 7 heteroatoms. The largest absolute Gasteiger partial charge is 0.370 e. The number of hydrogen-bond acceptors (Lipinski definition) is 4. The second kappa shape index (κ2) is 6.76. The maximum atomic E-state index is 11.6. The van der Waals surface area contributed by atoms with E-state index in [0.717, 1.165) is 19.6 Å². The van der Waals surface area contributed by atoms with Crippen molar-refractivity contribution in [1.29, 1.82) is 0 Å². The number of likely N-dealkylation sites (N-methyl/N-ethyl adjacent to an activating group) is 1. The van der Waals surface area contributed by atoms with Gasteiger partial charge in [-0.25, -0.2) is 8.42 Å². The molecule has 0 aromatic heterocycles. The summed E-state index contributed by atoms with van der Waals surface area (Å²) in [4.78, 5) is 6.58. The molecule has 1 saturated heterocycles. The van der Waals surface area contributed by atoms with Crippen molar-refractivity contribution in [2.24, 2.45) is 10.7 Å². The SMILES string of the molecule is CCN1CCCC1CNC(N)=NCC(C)(C)S(C)(=O)=O. The fraction of sp³-hybridized carbons (Fsp3) is 0.923. The summed E-state index contributed by atoms with van der Waals surface area (Å²) >= 11 is 0. The van der Waals surface area contributed by atoms with Gasteiger partial charge >= 0.3 is 0 Å². The van der Waals surface area contributed by atoms with E-state index < -0.39 is 14.6 Å². The zero-order chi connectivity index (χ0) is 15.4. The summed E-state index contributed by atoms with van der Waals surface area (Å²) < 4.78 is 22.3. The molecule has 1 fully saturated rings. The smallest absolute Gasteiger partial charge is 0.188 e. The van der Waals surface area contributed by atoms with Crippen LogP contribution >= 0.6 is 0 Å². The van der Waals surface area contributed by atoms with E-state index in [9.17, 15) is 8.42 Å². The predicted octanol–water partition coefficient (Wildman–Crippen LogP) is 0.198. The lowest BCUT2D eigenvalue weighted by atomic mass is 10.2. The number of nitrogens with zero attached hydrogens (tertiary/aromatic N) is 2. The number of sulfone groups is 1. The third-order valence-corrected chi connectivity index (χ3v) is 6.19. The molecular formula is C13H28N4O2S. The van der Waals surface area contributed by atoms with E-state index in [-0.39, 0.29) is 6.54 Å². The van der Waals surface area contributed by atoms with Crippen molar-refractivity contribution in [3.8, 4) is 0 Å². The molecule has 1 heterocycles. The maximum Gasteiger partial charge on any atom is 0.188 e. The van der Waals surface area contributed by atoms with Gasteiger partial charge in [0.05, 0.1) is 11.3 Å². The third-order valence-electron chi connectivity index (χ3n) is 4.06. The molecule has 1 aliphatic heterocycles. The lowest BCUT2D eigenvalue weighted by molar-refractivity contribution is 0.267. The lowest BCUT2D eigenvalue weighted by Gasteiger charge is -2.23. The summed E-state index contributed by atoms with van der Waals surface area (Å²) in [5.74, 6) is 0.324. The fourth-order valence-corrected chi connectivity index (χ4v) is 2.51. The van der Waals surface area contributed by atoms with Gasteiger partial charge in [0.15, 0.2) is 15.8 Å². The number of rotatable bonds is 6. The molecule has 1 rings (SSSR count). The molecule has 0 bridgehead atoms. The van der Waals surface area contributed by atoms with E-state index in [2.05, 4.69) is 22.1 Å². The topological polar surface area (TPSA) is 87.8 Å². The number of aliphatic imine (C=N–C) groups is 1. The minimum absolute atomic E-state index is 0.173. The molecule has 3 N–H and O–H groups in total. The monoisotopic (exact) mass is 304 g/mol. The van der Waals surface area contributed by atoms with Gasteiger partial charge in [-0.2, -0.15) is 0 Å². The zero-order valence-corrected chi connectivity index (χ0v) is 13.8. The van der Waals surface area contributed by atoms with E-state index in [0.29, 0.717) is 12.0 Å². The Morgan fingerprint density at radius 1 is 1.50 bits per heavy atom. The molecule has 0 amide bonds. The van der Waals surface area contributed by atoms with E-state index in [1.807, 2.05) is 0 Å². The summed E-state index contributed by atoms with van der Waals surface area (Å²) in [6.07, 6.45) is 3.62. The van der Waals surface area contributed by atoms with Gasteiger partial charge in [0, 0.05) is 18.8 Å². The number of hydrogen-bond donors (Lipinski definition) is 2. The Kier molecular flexibility index (Phi) is 5.82. The summed E-state index contributed by atoms with van der Waals surface area (Å²) in [5.41, 5.74) is 5.81. The van der Waals surface area contributed by atoms with Crippen molar-refractivity contribution < 1.29 is 8.42 Å². The molecule has 1 unspecified atom stereocenters. The minimum Gasteiger partial charge on any atom is -0.370 e. The van der Waals surface area contributed by atoms with Crippen molar-refractivity contribution >= 4 is 15.8 Å². The van der Waals surface area contributed by atoms with E-state index in [1.165, 1.54) is 19.1 Å². The van der Waals surface area contributed by atoms with Crippen LogP contribution in [0, 0.1) is 0 Å². The molecule has 0 spiro atoms.